The van der Waals surface area contributed by atoms with Crippen LogP contribution in [-0.4, -0.2) is 0 Å². The van der Waals surface area contributed by atoms with Gasteiger partial charge in [-0.05, 0) is 109 Å². The maximum absolute atomic E-state index is 6.64. The van der Waals surface area contributed by atoms with Gasteiger partial charge in [-0.2, -0.15) is 0 Å². The second kappa shape index (κ2) is 14.6. The summed E-state index contributed by atoms with van der Waals surface area (Å²) in [5, 5.41) is 4.58. The van der Waals surface area contributed by atoms with Crippen molar-refractivity contribution >= 4 is 49.8 Å². The number of nitrogens with zero attached hydrogens (tertiary/aromatic N) is 1. The maximum atomic E-state index is 6.64. The number of fused-ring (bicyclic) bond motifs is 8. The third kappa shape index (κ3) is 6.02. The smallest absolute Gasteiger partial charge is 0.143 e. The summed E-state index contributed by atoms with van der Waals surface area (Å²) in [5.41, 5.74) is 20.0. The summed E-state index contributed by atoms with van der Waals surface area (Å²) in [5.74, 6) is 0. The Labute approximate surface area is 368 Å². The number of furan rings is 1. The van der Waals surface area contributed by atoms with E-state index in [1.807, 2.05) is 0 Å². The van der Waals surface area contributed by atoms with Gasteiger partial charge in [-0.25, -0.2) is 0 Å². The highest BCUT2D eigenvalue weighted by molar-refractivity contribution is 6.26. The topological polar surface area (TPSA) is 16.4 Å². The van der Waals surface area contributed by atoms with Gasteiger partial charge in [0.15, 0.2) is 0 Å². The molecule has 0 fully saturated rings. The zero-order chi connectivity index (χ0) is 42.1. The Bertz CT molecular complexity index is 3490. The highest BCUT2D eigenvalue weighted by Gasteiger charge is 2.35. The van der Waals surface area contributed by atoms with Crippen LogP contribution in [0.4, 0.5) is 17.1 Å². The van der Waals surface area contributed by atoms with Gasteiger partial charge in [0, 0.05) is 44.2 Å². The van der Waals surface area contributed by atoms with Crippen molar-refractivity contribution in [1.82, 2.24) is 0 Å². The van der Waals surface area contributed by atoms with Gasteiger partial charge in [0.25, 0.3) is 0 Å². The molecular formula is C61H43NO. The van der Waals surface area contributed by atoms with Crippen molar-refractivity contribution in [2.75, 3.05) is 4.90 Å². The number of para-hydroxylation sites is 1. The molecule has 0 unspecified atom stereocenters. The van der Waals surface area contributed by atoms with E-state index in [9.17, 15) is 0 Å². The summed E-state index contributed by atoms with van der Waals surface area (Å²) >= 11 is 0. The first-order valence-corrected chi connectivity index (χ1v) is 21.8. The van der Waals surface area contributed by atoms with E-state index in [1.165, 1.54) is 72.1 Å². The molecule has 298 valence electrons. The number of anilines is 3. The van der Waals surface area contributed by atoms with Crippen LogP contribution in [0.2, 0.25) is 0 Å². The molecule has 1 aromatic heterocycles. The summed E-state index contributed by atoms with van der Waals surface area (Å²) in [7, 11) is 0. The molecular weight excluding hydrogens is 763 g/mol. The first-order chi connectivity index (χ1) is 31.0. The fraction of sp³-hybridized carbons (Fsp3) is 0.0492. The number of rotatable bonds is 7. The molecule has 10 aromatic carbocycles. The Balaban J connectivity index is 0.949. The van der Waals surface area contributed by atoms with Crippen LogP contribution < -0.4 is 4.90 Å². The van der Waals surface area contributed by atoms with Crippen molar-refractivity contribution in [2.24, 2.45) is 0 Å². The van der Waals surface area contributed by atoms with Crippen LogP contribution in [0.1, 0.15) is 25.0 Å². The molecule has 0 atom stereocenters. The van der Waals surface area contributed by atoms with Crippen molar-refractivity contribution < 1.29 is 4.42 Å². The number of hydrogen-bond donors (Lipinski definition) is 0. The molecule has 63 heavy (non-hydrogen) atoms. The molecule has 12 rings (SSSR count). The quantitative estimate of drug-likeness (QED) is 0.160. The van der Waals surface area contributed by atoms with E-state index in [2.05, 4.69) is 243 Å². The van der Waals surface area contributed by atoms with E-state index in [4.69, 9.17) is 4.42 Å². The first kappa shape index (κ1) is 36.9. The summed E-state index contributed by atoms with van der Waals surface area (Å²) in [6.07, 6.45) is 0. The summed E-state index contributed by atoms with van der Waals surface area (Å²) < 4.78 is 6.64. The number of hydrogen-bond acceptors (Lipinski definition) is 2. The highest BCUT2D eigenvalue weighted by Crippen LogP contribution is 2.51. The van der Waals surface area contributed by atoms with E-state index < -0.39 is 0 Å². The lowest BCUT2D eigenvalue weighted by Crippen LogP contribution is -2.16. The van der Waals surface area contributed by atoms with E-state index >= 15 is 0 Å². The molecule has 2 nitrogen and oxygen atoms in total. The second-order valence-corrected chi connectivity index (χ2v) is 17.2. The zero-order valence-electron chi connectivity index (χ0n) is 35.2. The predicted octanol–water partition coefficient (Wildman–Crippen LogP) is 17.2. The van der Waals surface area contributed by atoms with Gasteiger partial charge in [0.05, 0.1) is 0 Å². The van der Waals surface area contributed by atoms with E-state index in [0.29, 0.717) is 0 Å². The molecule has 0 spiro atoms. The van der Waals surface area contributed by atoms with Crippen LogP contribution >= 0.6 is 0 Å². The maximum Gasteiger partial charge on any atom is 0.143 e. The molecule has 1 aliphatic carbocycles. The molecule has 1 heterocycles. The Kier molecular flexibility index (Phi) is 8.55. The fourth-order valence-corrected chi connectivity index (χ4v) is 10.2. The second-order valence-electron chi connectivity index (χ2n) is 17.2. The van der Waals surface area contributed by atoms with Crippen molar-refractivity contribution in [3.05, 3.63) is 236 Å². The molecule has 1 aliphatic rings. The minimum absolute atomic E-state index is 0.104. The SMILES string of the molecule is CC1(C)c2ccccc2-c2ccc(N(c3ccc(-c4ccccc4)cc3)c3ccc(-c4ccc(-c5c(-c6ccccc6)c6c7ccccc7oc6c6ccccc56)cc4)cc3)cc21. The largest absolute Gasteiger partial charge is 0.455 e. The normalized spacial score (nSPS) is 12.7. The van der Waals surface area contributed by atoms with Gasteiger partial charge < -0.3 is 9.32 Å². The highest BCUT2D eigenvalue weighted by atomic mass is 16.3. The van der Waals surface area contributed by atoms with Crippen LogP contribution in [0.15, 0.2) is 229 Å². The Morgan fingerprint density at radius 3 is 1.48 bits per heavy atom. The van der Waals surface area contributed by atoms with Gasteiger partial charge in [-0.15, -0.1) is 0 Å². The lowest BCUT2D eigenvalue weighted by Gasteiger charge is -2.28. The van der Waals surface area contributed by atoms with Gasteiger partial charge in [0.1, 0.15) is 11.2 Å². The van der Waals surface area contributed by atoms with Crippen LogP contribution in [0.25, 0.3) is 88.3 Å². The standard InChI is InChI=1S/C61H43NO/c1-61(2)54-23-13-11-19-49(54)50-38-37-48(39-55(50)61)62(46-33-29-42(30-34-46)40-15-5-3-6-16-40)47-35-31-43(32-36-47)41-25-27-45(28-26-41)57-51-20-9-10-21-52(51)60-59(53-22-12-14-24-56(53)63-60)58(57)44-17-7-4-8-18-44/h3-39H,1-2H3. The average Bonchev–Trinajstić information content (AvgIpc) is 3.84. The molecule has 2 heteroatoms. The van der Waals surface area contributed by atoms with Gasteiger partial charge in [0.2, 0.25) is 0 Å². The Morgan fingerprint density at radius 1 is 0.349 bits per heavy atom. The molecule has 0 radical (unpaired) electrons. The molecule has 0 bridgehead atoms. The van der Waals surface area contributed by atoms with Crippen molar-refractivity contribution in [1.29, 1.82) is 0 Å². The molecule has 0 N–H and O–H groups in total. The third-order valence-corrected chi connectivity index (χ3v) is 13.3. The van der Waals surface area contributed by atoms with Crippen LogP contribution in [0.5, 0.6) is 0 Å². The molecule has 0 amide bonds. The summed E-state index contributed by atoms with van der Waals surface area (Å²) in [4.78, 5) is 2.40. The van der Waals surface area contributed by atoms with Gasteiger partial charge in [-0.3, -0.25) is 0 Å². The van der Waals surface area contributed by atoms with Crippen molar-refractivity contribution in [3.63, 3.8) is 0 Å². The predicted molar refractivity (Wildman–Crippen MR) is 265 cm³/mol. The lowest BCUT2D eigenvalue weighted by molar-refractivity contribution is 0.660. The van der Waals surface area contributed by atoms with Crippen molar-refractivity contribution in [3.8, 4) is 55.6 Å². The number of benzene rings is 10. The van der Waals surface area contributed by atoms with Gasteiger partial charge >= 0.3 is 0 Å². The van der Waals surface area contributed by atoms with E-state index in [1.54, 1.807) is 0 Å². The molecule has 0 saturated carbocycles. The minimum atomic E-state index is -0.104. The molecule has 0 saturated heterocycles. The Morgan fingerprint density at radius 2 is 0.810 bits per heavy atom. The first-order valence-electron chi connectivity index (χ1n) is 21.8. The van der Waals surface area contributed by atoms with Gasteiger partial charge in [-0.1, -0.05) is 196 Å². The molecule has 0 aliphatic heterocycles. The average molecular weight is 806 g/mol. The fourth-order valence-electron chi connectivity index (χ4n) is 10.2. The van der Waals surface area contributed by atoms with E-state index in [-0.39, 0.29) is 5.41 Å². The van der Waals surface area contributed by atoms with Crippen LogP contribution in [0, 0.1) is 0 Å². The third-order valence-electron chi connectivity index (χ3n) is 13.3. The minimum Gasteiger partial charge on any atom is -0.455 e. The van der Waals surface area contributed by atoms with Crippen LogP contribution in [0.3, 0.4) is 0 Å². The van der Waals surface area contributed by atoms with Crippen molar-refractivity contribution in [2.45, 2.75) is 19.3 Å². The zero-order valence-corrected chi connectivity index (χ0v) is 35.2. The van der Waals surface area contributed by atoms with Crippen LogP contribution in [-0.2, 0) is 5.41 Å². The summed E-state index contributed by atoms with van der Waals surface area (Å²) in [6, 6.07) is 81.5. The lowest BCUT2D eigenvalue weighted by atomic mass is 9.82. The monoisotopic (exact) mass is 805 g/mol. The summed E-state index contributed by atoms with van der Waals surface area (Å²) in [6.45, 7) is 4.70. The Hall–Kier alpha value is -7.94. The van der Waals surface area contributed by atoms with E-state index in [0.717, 1.165) is 44.4 Å². The molecule has 11 aromatic rings.